The number of rotatable bonds is 5. The van der Waals surface area contributed by atoms with Crippen molar-refractivity contribution < 1.29 is 28.5 Å². The van der Waals surface area contributed by atoms with Crippen LogP contribution in [0.5, 0.6) is 5.75 Å². The van der Waals surface area contributed by atoms with Crippen LogP contribution in [0.3, 0.4) is 0 Å². The number of benzene rings is 1. The smallest absolute Gasteiger partial charge is 0.162 e. The van der Waals surface area contributed by atoms with Gasteiger partial charge in [0.05, 0.1) is 18.8 Å². The third kappa shape index (κ3) is 5.85. The molecular weight excluding hydrogens is 356 g/mol. The second-order valence-corrected chi connectivity index (χ2v) is 7.99. The Morgan fingerprint density at radius 2 is 1.78 bits per heavy atom. The highest BCUT2D eigenvalue weighted by molar-refractivity contribution is 5.23. The van der Waals surface area contributed by atoms with Crippen molar-refractivity contribution in [3.05, 3.63) is 29.8 Å². The second kappa shape index (κ2) is 8.82. The van der Waals surface area contributed by atoms with Gasteiger partial charge in [0.1, 0.15) is 18.0 Å². The van der Waals surface area contributed by atoms with Gasteiger partial charge in [-0.05, 0) is 25.0 Å². The van der Waals surface area contributed by atoms with Crippen LogP contribution in [0, 0.1) is 11.6 Å². The van der Waals surface area contributed by atoms with Crippen LogP contribution in [0.1, 0.15) is 38.5 Å². The Kier molecular flexibility index (Phi) is 6.68. The highest BCUT2D eigenvalue weighted by Gasteiger charge is 2.37. The third-order valence-corrected chi connectivity index (χ3v) is 5.39. The molecule has 0 unspecified atom stereocenters. The highest BCUT2D eigenvalue weighted by Crippen LogP contribution is 2.29. The molecule has 27 heavy (non-hydrogen) atoms. The molecule has 0 spiro atoms. The molecule has 5 nitrogen and oxygen atoms in total. The number of nitrogens with zero attached hydrogens (tertiary/aromatic N) is 1. The fourth-order valence-electron chi connectivity index (χ4n) is 3.96. The van der Waals surface area contributed by atoms with E-state index < -0.39 is 22.8 Å². The van der Waals surface area contributed by atoms with Gasteiger partial charge < -0.3 is 19.7 Å². The summed E-state index contributed by atoms with van der Waals surface area (Å²) in [5, 5.41) is 21.9. The lowest BCUT2D eigenvalue weighted by Gasteiger charge is -2.36. The summed E-state index contributed by atoms with van der Waals surface area (Å²) in [5.41, 5.74) is -2.02. The molecule has 2 N–H and O–H groups in total. The number of halogens is 2. The normalized spacial score (nSPS) is 27.0. The molecule has 1 aromatic carbocycles. The molecule has 7 heteroatoms. The van der Waals surface area contributed by atoms with Crippen LogP contribution in [0.4, 0.5) is 8.78 Å². The molecule has 1 saturated carbocycles. The molecule has 1 saturated heterocycles. The van der Waals surface area contributed by atoms with E-state index >= 15 is 0 Å². The monoisotopic (exact) mass is 385 g/mol. The topological polar surface area (TPSA) is 62.2 Å². The summed E-state index contributed by atoms with van der Waals surface area (Å²) in [6.07, 6.45) is 5.88. The Hall–Kier alpha value is -1.28. The molecule has 0 radical (unpaired) electrons. The minimum atomic E-state index is -1.29. The van der Waals surface area contributed by atoms with Gasteiger partial charge in [0.25, 0.3) is 0 Å². The van der Waals surface area contributed by atoms with Gasteiger partial charge in [-0.2, -0.15) is 0 Å². The van der Waals surface area contributed by atoms with Crippen LogP contribution in [-0.4, -0.2) is 65.8 Å². The zero-order valence-electron chi connectivity index (χ0n) is 15.6. The van der Waals surface area contributed by atoms with E-state index in [0.29, 0.717) is 26.2 Å². The third-order valence-electron chi connectivity index (χ3n) is 5.39. The van der Waals surface area contributed by atoms with Crippen LogP contribution in [0.25, 0.3) is 0 Å². The molecule has 3 rings (SSSR count). The quantitative estimate of drug-likeness (QED) is 0.763. The van der Waals surface area contributed by atoms with E-state index in [1.165, 1.54) is 6.07 Å². The van der Waals surface area contributed by atoms with Crippen molar-refractivity contribution in [3.8, 4) is 5.75 Å². The largest absolute Gasteiger partial charge is 0.490 e. The summed E-state index contributed by atoms with van der Waals surface area (Å²) in [4.78, 5) is 2.02. The molecule has 152 valence electrons. The summed E-state index contributed by atoms with van der Waals surface area (Å²) in [6, 6.07) is 3.28. The Morgan fingerprint density at radius 3 is 2.48 bits per heavy atom. The lowest BCUT2D eigenvalue weighted by molar-refractivity contribution is -0.0733. The van der Waals surface area contributed by atoms with Gasteiger partial charge in [0.15, 0.2) is 11.6 Å². The fraction of sp³-hybridized carbons (Fsp3) is 0.700. The molecule has 0 bridgehead atoms. The van der Waals surface area contributed by atoms with E-state index in [2.05, 4.69) is 0 Å². The van der Waals surface area contributed by atoms with Crippen molar-refractivity contribution in [1.82, 2.24) is 4.90 Å². The molecule has 1 heterocycles. The summed E-state index contributed by atoms with van der Waals surface area (Å²) >= 11 is 0. The van der Waals surface area contributed by atoms with E-state index in [4.69, 9.17) is 9.47 Å². The van der Waals surface area contributed by atoms with Crippen LogP contribution in [-0.2, 0) is 4.74 Å². The van der Waals surface area contributed by atoms with Gasteiger partial charge in [-0.25, -0.2) is 8.78 Å². The van der Waals surface area contributed by atoms with Crippen molar-refractivity contribution >= 4 is 0 Å². The van der Waals surface area contributed by atoms with Crippen molar-refractivity contribution in [2.24, 2.45) is 0 Å². The zero-order valence-corrected chi connectivity index (χ0v) is 15.6. The van der Waals surface area contributed by atoms with Crippen LogP contribution >= 0.6 is 0 Å². The van der Waals surface area contributed by atoms with Crippen molar-refractivity contribution in [1.29, 1.82) is 0 Å². The molecule has 1 aromatic rings. The number of hydrogen-bond acceptors (Lipinski definition) is 5. The van der Waals surface area contributed by atoms with Crippen LogP contribution < -0.4 is 4.74 Å². The molecule has 2 aliphatic rings. The SMILES string of the molecule is OC1(CN2CCOC[C@](O)(COc3ccc(F)c(F)c3)C2)CCCCCC1. The van der Waals surface area contributed by atoms with E-state index in [-0.39, 0.29) is 19.0 Å². The number of β-amino-alcohol motifs (C(OH)–C–C–N with tert-alkyl or cyclic N) is 2. The summed E-state index contributed by atoms with van der Waals surface area (Å²) in [5.74, 6) is -1.78. The molecular formula is C20H29F2NO4. The second-order valence-electron chi connectivity index (χ2n) is 7.99. The van der Waals surface area contributed by atoms with Crippen molar-refractivity contribution in [2.75, 3.05) is 39.5 Å². The molecule has 0 amide bonds. The number of ether oxygens (including phenoxy) is 2. The minimum absolute atomic E-state index is 0.0889. The van der Waals surface area contributed by atoms with E-state index in [9.17, 15) is 19.0 Å². The maximum absolute atomic E-state index is 13.3. The van der Waals surface area contributed by atoms with Gasteiger partial charge in [-0.3, -0.25) is 4.90 Å². The fourth-order valence-corrected chi connectivity index (χ4v) is 3.96. The first-order chi connectivity index (χ1) is 12.9. The maximum atomic E-state index is 13.3. The highest BCUT2D eigenvalue weighted by atomic mass is 19.2. The Balaban J connectivity index is 1.61. The molecule has 1 aliphatic carbocycles. The summed E-state index contributed by atoms with van der Waals surface area (Å²) < 4.78 is 37.4. The summed E-state index contributed by atoms with van der Waals surface area (Å²) in [6.45, 7) is 1.85. The van der Waals surface area contributed by atoms with Crippen molar-refractivity contribution in [3.63, 3.8) is 0 Å². The van der Waals surface area contributed by atoms with Gasteiger partial charge in [0, 0.05) is 25.7 Å². The Bertz CT molecular complexity index is 622. The standard InChI is InChI=1S/C20H29F2NO4/c21-17-6-5-16(11-18(17)22)27-15-20(25)13-23(9-10-26-14-20)12-19(24)7-3-1-2-4-8-19/h5-6,11,24-25H,1-4,7-10,12-15H2/t20-/m0/s1. The van der Waals surface area contributed by atoms with Gasteiger partial charge >= 0.3 is 0 Å². The average Bonchev–Trinajstić information content (AvgIpc) is 2.94. The van der Waals surface area contributed by atoms with E-state index in [0.717, 1.165) is 50.7 Å². The molecule has 1 atom stereocenters. The van der Waals surface area contributed by atoms with Crippen LogP contribution in [0.2, 0.25) is 0 Å². The Morgan fingerprint density at radius 1 is 1.04 bits per heavy atom. The van der Waals surface area contributed by atoms with Gasteiger partial charge in [0.2, 0.25) is 0 Å². The van der Waals surface area contributed by atoms with Gasteiger partial charge in [-0.1, -0.05) is 25.7 Å². The lowest BCUT2D eigenvalue weighted by Crippen LogP contribution is -2.52. The lowest BCUT2D eigenvalue weighted by atomic mass is 9.93. The first-order valence-electron chi connectivity index (χ1n) is 9.70. The predicted molar refractivity (Wildman–Crippen MR) is 96.7 cm³/mol. The van der Waals surface area contributed by atoms with E-state index in [1.54, 1.807) is 0 Å². The number of aliphatic hydroxyl groups is 2. The zero-order chi connectivity index (χ0) is 19.3. The Labute approximate surface area is 158 Å². The maximum Gasteiger partial charge on any atom is 0.162 e. The van der Waals surface area contributed by atoms with Gasteiger partial charge in [-0.15, -0.1) is 0 Å². The summed E-state index contributed by atoms with van der Waals surface area (Å²) in [7, 11) is 0. The molecule has 2 fully saturated rings. The average molecular weight is 385 g/mol. The minimum Gasteiger partial charge on any atom is -0.490 e. The molecule has 0 aromatic heterocycles. The van der Waals surface area contributed by atoms with E-state index in [1.807, 2.05) is 4.90 Å². The first-order valence-corrected chi connectivity index (χ1v) is 9.70. The van der Waals surface area contributed by atoms with Crippen molar-refractivity contribution in [2.45, 2.75) is 49.7 Å². The predicted octanol–water partition coefficient (Wildman–Crippen LogP) is 2.49. The first kappa shape index (κ1) is 20.5. The molecule has 1 aliphatic heterocycles. The van der Waals surface area contributed by atoms with Crippen LogP contribution in [0.15, 0.2) is 18.2 Å². The number of hydrogen-bond donors (Lipinski definition) is 2.